The Balaban J connectivity index is 1.94. The average Bonchev–Trinajstić information content (AvgIpc) is 2.54. The minimum Gasteiger partial charge on any atom is -0.372 e. The number of carbonyl (C=O) groups is 1. The van der Waals surface area contributed by atoms with Crippen molar-refractivity contribution in [1.29, 1.82) is 0 Å². The first kappa shape index (κ1) is 14.7. The third-order valence-corrected chi connectivity index (χ3v) is 3.75. The Morgan fingerprint density at radius 1 is 1.18 bits per heavy atom. The summed E-state index contributed by atoms with van der Waals surface area (Å²) < 4.78 is 5.74. The zero-order valence-electron chi connectivity index (χ0n) is 12.8. The average molecular weight is 297 g/mol. The van der Waals surface area contributed by atoms with Crippen LogP contribution in [0.5, 0.6) is 0 Å². The van der Waals surface area contributed by atoms with Crippen LogP contribution in [0.2, 0.25) is 0 Å². The van der Waals surface area contributed by atoms with Gasteiger partial charge in [-0.1, -0.05) is 0 Å². The molecule has 114 valence electrons. The highest BCUT2D eigenvalue weighted by molar-refractivity contribution is 5.85. The van der Waals surface area contributed by atoms with Gasteiger partial charge in [-0.2, -0.15) is 0 Å². The molecule has 5 heteroatoms. The standard InChI is InChI=1S/C17H19N3O2/c1-12-9-20(10-13(2)22-12)17-16(11-21)7-15(8-19-17)14-3-5-18-6-4-14/h3-8,11-13H,9-10H2,1-2H3/t12-,13+. The number of nitrogens with zero attached hydrogens (tertiary/aromatic N) is 3. The molecule has 0 bridgehead atoms. The van der Waals surface area contributed by atoms with Gasteiger partial charge in [0.1, 0.15) is 5.82 Å². The highest BCUT2D eigenvalue weighted by Gasteiger charge is 2.25. The summed E-state index contributed by atoms with van der Waals surface area (Å²) in [7, 11) is 0. The van der Waals surface area contributed by atoms with Crippen molar-refractivity contribution in [2.24, 2.45) is 0 Å². The summed E-state index contributed by atoms with van der Waals surface area (Å²) in [6.07, 6.45) is 6.40. The highest BCUT2D eigenvalue weighted by atomic mass is 16.5. The molecule has 1 aliphatic rings. The Morgan fingerprint density at radius 2 is 1.86 bits per heavy atom. The molecule has 1 aliphatic heterocycles. The van der Waals surface area contributed by atoms with Crippen LogP contribution in [0.3, 0.4) is 0 Å². The molecule has 0 saturated carbocycles. The van der Waals surface area contributed by atoms with Crippen molar-refractivity contribution in [3.8, 4) is 11.1 Å². The van der Waals surface area contributed by atoms with Crippen molar-refractivity contribution < 1.29 is 9.53 Å². The second-order valence-electron chi connectivity index (χ2n) is 5.65. The molecule has 2 aromatic rings. The van der Waals surface area contributed by atoms with Crippen LogP contribution in [-0.2, 0) is 4.74 Å². The van der Waals surface area contributed by atoms with Crippen LogP contribution in [0, 0.1) is 0 Å². The molecule has 0 aliphatic carbocycles. The molecule has 3 rings (SSSR count). The van der Waals surface area contributed by atoms with Crippen molar-refractivity contribution in [2.45, 2.75) is 26.1 Å². The zero-order valence-corrected chi connectivity index (χ0v) is 12.8. The molecule has 0 unspecified atom stereocenters. The number of carbonyl (C=O) groups excluding carboxylic acids is 1. The van der Waals surface area contributed by atoms with E-state index in [0.717, 1.165) is 36.3 Å². The van der Waals surface area contributed by atoms with Gasteiger partial charge in [0, 0.05) is 37.2 Å². The van der Waals surface area contributed by atoms with Gasteiger partial charge in [-0.15, -0.1) is 0 Å². The minimum atomic E-state index is 0.130. The molecule has 0 aromatic carbocycles. The van der Waals surface area contributed by atoms with Gasteiger partial charge >= 0.3 is 0 Å². The van der Waals surface area contributed by atoms with E-state index >= 15 is 0 Å². The molecular weight excluding hydrogens is 278 g/mol. The van der Waals surface area contributed by atoms with Crippen molar-refractivity contribution in [3.05, 3.63) is 42.4 Å². The van der Waals surface area contributed by atoms with Crippen LogP contribution in [0.4, 0.5) is 5.82 Å². The number of morpholine rings is 1. The summed E-state index contributed by atoms with van der Waals surface area (Å²) in [4.78, 5) is 22.2. The van der Waals surface area contributed by atoms with Crippen molar-refractivity contribution in [2.75, 3.05) is 18.0 Å². The fourth-order valence-corrected chi connectivity index (χ4v) is 2.88. The SMILES string of the molecule is C[C@@H]1CN(c2ncc(-c3ccncc3)cc2C=O)C[C@H](C)O1. The summed E-state index contributed by atoms with van der Waals surface area (Å²) in [5, 5.41) is 0. The topological polar surface area (TPSA) is 55.3 Å². The maximum atomic E-state index is 11.5. The maximum absolute atomic E-state index is 11.5. The molecule has 0 radical (unpaired) electrons. The maximum Gasteiger partial charge on any atom is 0.153 e. The third kappa shape index (κ3) is 2.99. The van der Waals surface area contributed by atoms with Gasteiger partial charge in [-0.25, -0.2) is 4.98 Å². The van der Waals surface area contributed by atoms with Gasteiger partial charge in [0.15, 0.2) is 6.29 Å². The normalized spacial score (nSPS) is 21.6. The van der Waals surface area contributed by atoms with Crippen LogP contribution in [-0.4, -0.2) is 41.6 Å². The Labute approximate surface area is 130 Å². The molecule has 0 amide bonds. The second kappa shape index (κ2) is 6.23. The number of hydrogen-bond acceptors (Lipinski definition) is 5. The van der Waals surface area contributed by atoms with E-state index in [2.05, 4.69) is 14.9 Å². The summed E-state index contributed by atoms with van der Waals surface area (Å²) >= 11 is 0. The highest BCUT2D eigenvalue weighted by Crippen LogP contribution is 2.26. The van der Waals surface area contributed by atoms with E-state index in [-0.39, 0.29) is 12.2 Å². The molecule has 2 atom stereocenters. The quantitative estimate of drug-likeness (QED) is 0.815. The van der Waals surface area contributed by atoms with Gasteiger partial charge in [0.2, 0.25) is 0 Å². The molecule has 2 aromatic heterocycles. The first-order valence-electron chi connectivity index (χ1n) is 7.43. The van der Waals surface area contributed by atoms with E-state index in [9.17, 15) is 4.79 Å². The monoisotopic (exact) mass is 297 g/mol. The fraction of sp³-hybridized carbons (Fsp3) is 0.353. The molecule has 0 N–H and O–H groups in total. The van der Waals surface area contributed by atoms with Gasteiger partial charge < -0.3 is 9.64 Å². The number of aldehydes is 1. The molecule has 1 fully saturated rings. The predicted octanol–water partition coefficient (Wildman–Crippen LogP) is 2.57. The number of ether oxygens (including phenoxy) is 1. The Morgan fingerprint density at radius 3 is 2.50 bits per heavy atom. The molecule has 0 spiro atoms. The summed E-state index contributed by atoms with van der Waals surface area (Å²) in [5.41, 5.74) is 2.53. The lowest BCUT2D eigenvalue weighted by molar-refractivity contribution is -0.00549. The lowest BCUT2D eigenvalue weighted by Crippen LogP contribution is -2.46. The Hall–Kier alpha value is -2.27. The van der Waals surface area contributed by atoms with E-state index in [1.54, 1.807) is 12.4 Å². The van der Waals surface area contributed by atoms with E-state index < -0.39 is 0 Å². The van der Waals surface area contributed by atoms with Crippen LogP contribution in [0.15, 0.2) is 36.8 Å². The summed E-state index contributed by atoms with van der Waals surface area (Å²) in [6, 6.07) is 5.70. The number of anilines is 1. The van der Waals surface area contributed by atoms with E-state index in [1.165, 1.54) is 0 Å². The van der Waals surface area contributed by atoms with Crippen LogP contribution in [0.25, 0.3) is 11.1 Å². The number of aromatic nitrogens is 2. The molecule has 22 heavy (non-hydrogen) atoms. The number of pyridine rings is 2. The van der Waals surface area contributed by atoms with Gasteiger partial charge in [0.25, 0.3) is 0 Å². The van der Waals surface area contributed by atoms with E-state index in [0.29, 0.717) is 5.56 Å². The Kier molecular flexibility index (Phi) is 4.15. The summed E-state index contributed by atoms with van der Waals surface area (Å²) in [6.45, 7) is 5.56. The largest absolute Gasteiger partial charge is 0.372 e. The predicted molar refractivity (Wildman–Crippen MR) is 85.1 cm³/mol. The number of rotatable bonds is 3. The first-order chi connectivity index (χ1) is 10.7. The van der Waals surface area contributed by atoms with Gasteiger partial charge in [-0.05, 0) is 37.6 Å². The van der Waals surface area contributed by atoms with Crippen molar-refractivity contribution >= 4 is 12.1 Å². The summed E-state index contributed by atoms with van der Waals surface area (Å²) in [5.74, 6) is 0.731. The van der Waals surface area contributed by atoms with Crippen molar-refractivity contribution in [1.82, 2.24) is 9.97 Å². The number of hydrogen-bond donors (Lipinski definition) is 0. The zero-order chi connectivity index (χ0) is 15.5. The first-order valence-corrected chi connectivity index (χ1v) is 7.43. The lowest BCUT2D eigenvalue weighted by atomic mass is 10.1. The van der Waals surface area contributed by atoms with Crippen molar-refractivity contribution in [3.63, 3.8) is 0 Å². The molecular formula is C17H19N3O2. The minimum absolute atomic E-state index is 0.130. The third-order valence-electron chi connectivity index (χ3n) is 3.75. The van der Waals surface area contributed by atoms with Crippen LogP contribution >= 0.6 is 0 Å². The Bertz CT molecular complexity index is 650. The smallest absolute Gasteiger partial charge is 0.153 e. The van der Waals surface area contributed by atoms with E-state index in [1.807, 2.05) is 38.2 Å². The molecule has 3 heterocycles. The van der Waals surface area contributed by atoms with Gasteiger partial charge in [0.05, 0.1) is 17.8 Å². The molecule has 1 saturated heterocycles. The lowest BCUT2D eigenvalue weighted by Gasteiger charge is -2.36. The molecule has 5 nitrogen and oxygen atoms in total. The van der Waals surface area contributed by atoms with Crippen LogP contribution < -0.4 is 4.90 Å². The fourth-order valence-electron chi connectivity index (χ4n) is 2.88. The van der Waals surface area contributed by atoms with Gasteiger partial charge in [-0.3, -0.25) is 9.78 Å². The van der Waals surface area contributed by atoms with Crippen LogP contribution in [0.1, 0.15) is 24.2 Å². The van der Waals surface area contributed by atoms with E-state index in [4.69, 9.17) is 4.74 Å². The second-order valence-corrected chi connectivity index (χ2v) is 5.65.